The number of rotatable bonds is 5. The number of halogens is 1. The van der Waals surface area contributed by atoms with Crippen LogP contribution in [0.2, 0.25) is 5.02 Å². The van der Waals surface area contributed by atoms with E-state index in [0.29, 0.717) is 37.9 Å². The molecule has 0 bridgehead atoms. The predicted molar refractivity (Wildman–Crippen MR) is 95.2 cm³/mol. The Labute approximate surface area is 142 Å². The first kappa shape index (κ1) is 17.0. The van der Waals surface area contributed by atoms with Crippen LogP contribution in [0.3, 0.4) is 0 Å². The molecular formula is C15H14ClNO3S2. The molecule has 0 N–H and O–H groups in total. The Morgan fingerprint density at radius 2 is 2.18 bits per heavy atom. The van der Waals surface area contributed by atoms with Crippen molar-refractivity contribution in [3.63, 3.8) is 0 Å². The van der Waals surface area contributed by atoms with Gasteiger partial charge in [-0.05, 0) is 23.9 Å². The molecule has 0 aromatic heterocycles. The molecule has 1 aromatic carbocycles. The number of methoxy groups -OCH3 is 2. The van der Waals surface area contributed by atoms with E-state index < -0.39 is 0 Å². The molecule has 22 heavy (non-hydrogen) atoms. The molecule has 7 heteroatoms. The van der Waals surface area contributed by atoms with Crippen molar-refractivity contribution in [3.8, 4) is 11.5 Å². The van der Waals surface area contributed by atoms with E-state index in [9.17, 15) is 4.79 Å². The van der Waals surface area contributed by atoms with Gasteiger partial charge in [-0.3, -0.25) is 4.79 Å². The summed E-state index contributed by atoms with van der Waals surface area (Å²) in [6, 6.07) is 3.36. The van der Waals surface area contributed by atoms with Crippen molar-refractivity contribution in [2.45, 2.75) is 0 Å². The third-order valence-electron chi connectivity index (χ3n) is 2.69. The van der Waals surface area contributed by atoms with Gasteiger partial charge >= 0.3 is 0 Å². The minimum atomic E-state index is -0.104. The molecule has 116 valence electrons. The fourth-order valence-corrected chi connectivity index (χ4v) is 3.61. The van der Waals surface area contributed by atoms with Gasteiger partial charge in [0.1, 0.15) is 10.1 Å². The summed E-state index contributed by atoms with van der Waals surface area (Å²) in [5.74, 6) is 1.73. The van der Waals surface area contributed by atoms with Gasteiger partial charge in [0.15, 0.2) is 11.5 Å². The van der Waals surface area contributed by atoms with E-state index in [4.69, 9.17) is 21.1 Å². The molecule has 0 aliphatic carbocycles. The van der Waals surface area contributed by atoms with Crippen molar-refractivity contribution in [3.05, 3.63) is 41.1 Å². The summed E-state index contributed by atoms with van der Waals surface area (Å²) in [6.45, 7) is 3.65. The molecule has 1 aliphatic rings. The average molecular weight is 356 g/mol. The highest BCUT2D eigenvalue weighted by Crippen LogP contribution is 2.38. The molecule has 0 radical (unpaired) electrons. The van der Waals surface area contributed by atoms with Crippen LogP contribution in [-0.2, 0) is 4.79 Å². The number of nitrogens with zero attached hydrogens (tertiary/aromatic N) is 1. The van der Waals surface area contributed by atoms with Gasteiger partial charge in [-0.1, -0.05) is 29.4 Å². The second-order valence-corrected chi connectivity index (χ2v) is 6.79. The average Bonchev–Trinajstić information content (AvgIpc) is 2.84. The number of hydrogen-bond acceptors (Lipinski definition) is 6. The summed E-state index contributed by atoms with van der Waals surface area (Å²) in [4.78, 5) is 16.4. The Morgan fingerprint density at radius 3 is 2.82 bits per heavy atom. The summed E-state index contributed by atoms with van der Waals surface area (Å²) >= 11 is 8.66. The Balaban J connectivity index is 2.40. The van der Waals surface area contributed by atoms with Crippen molar-refractivity contribution >= 4 is 50.7 Å². The largest absolute Gasteiger partial charge is 0.493 e. The van der Waals surface area contributed by atoms with E-state index in [2.05, 4.69) is 11.6 Å². The van der Waals surface area contributed by atoms with Crippen LogP contribution in [0.25, 0.3) is 6.08 Å². The topological polar surface area (TPSA) is 47.9 Å². The molecule has 0 atom stereocenters. The zero-order valence-corrected chi connectivity index (χ0v) is 14.5. The first-order valence-electron chi connectivity index (χ1n) is 6.26. The molecule has 0 fully saturated rings. The minimum absolute atomic E-state index is 0.104. The number of ether oxygens (including phenoxy) is 2. The van der Waals surface area contributed by atoms with E-state index in [1.165, 1.54) is 26.0 Å². The summed E-state index contributed by atoms with van der Waals surface area (Å²) in [6.07, 6.45) is 3.43. The molecule has 0 saturated heterocycles. The number of hydrogen-bond donors (Lipinski definition) is 0. The third-order valence-corrected chi connectivity index (χ3v) is 4.91. The molecule has 1 aliphatic heterocycles. The lowest BCUT2D eigenvalue weighted by Crippen LogP contribution is -1.95. The van der Waals surface area contributed by atoms with Crippen molar-refractivity contribution < 1.29 is 14.3 Å². The van der Waals surface area contributed by atoms with Gasteiger partial charge in [0.05, 0.1) is 14.2 Å². The fraction of sp³-hybridized carbons (Fsp3) is 0.200. The minimum Gasteiger partial charge on any atom is -0.493 e. The van der Waals surface area contributed by atoms with Gasteiger partial charge in [0.25, 0.3) is 0 Å². The van der Waals surface area contributed by atoms with Crippen LogP contribution in [-0.4, -0.2) is 29.5 Å². The van der Waals surface area contributed by atoms with Gasteiger partial charge in [-0.15, -0.1) is 6.58 Å². The summed E-state index contributed by atoms with van der Waals surface area (Å²) in [7, 11) is 3.07. The lowest BCUT2D eigenvalue weighted by molar-refractivity contribution is -0.107. The maximum absolute atomic E-state index is 12.0. The van der Waals surface area contributed by atoms with Gasteiger partial charge in [-0.25, -0.2) is 4.99 Å². The highest BCUT2D eigenvalue weighted by atomic mass is 35.5. The predicted octanol–water partition coefficient (Wildman–Crippen LogP) is 4.25. The summed E-state index contributed by atoms with van der Waals surface area (Å²) in [5.41, 5.74) is 1.01. The Hall–Kier alpha value is -1.37. The van der Waals surface area contributed by atoms with E-state index in [1.807, 2.05) is 0 Å². The highest BCUT2D eigenvalue weighted by molar-refractivity contribution is 8.45. The van der Waals surface area contributed by atoms with Gasteiger partial charge in [0.2, 0.25) is 5.12 Å². The standard InChI is InChI=1S/C15H14ClNO3S2/c1-4-5-21-15-17-11(14(18)22-15)7-9-6-10(16)8-12(19-2)13(9)20-3/h4,6-8H,1,5H2,2-3H3/b11-7+. The van der Waals surface area contributed by atoms with E-state index in [1.54, 1.807) is 24.3 Å². The van der Waals surface area contributed by atoms with Crippen molar-refractivity contribution in [2.24, 2.45) is 4.99 Å². The van der Waals surface area contributed by atoms with Crippen LogP contribution in [0.1, 0.15) is 5.56 Å². The zero-order chi connectivity index (χ0) is 16.1. The van der Waals surface area contributed by atoms with Crippen LogP contribution in [0, 0.1) is 0 Å². The van der Waals surface area contributed by atoms with Crippen LogP contribution < -0.4 is 9.47 Å². The number of carbonyl (C=O) groups is 1. The molecule has 0 amide bonds. The highest BCUT2D eigenvalue weighted by Gasteiger charge is 2.23. The molecule has 1 aromatic rings. The second kappa shape index (κ2) is 7.76. The maximum atomic E-state index is 12.0. The molecule has 0 unspecified atom stereocenters. The SMILES string of the molecule is C=CCSC1=N/C(=C/c2cc(Cl)cc(OC)c2OC)C(=O)S1. The van der Waals surface area contributed by atoms with Crippen molar-refractivity contribution in [1.82, 2.24) is 0 Å². The molecule has 1 heterocycles. The van der Waals surface area contributed by atoms with E-state index in [-0.39, 0.29) is 5.12 Å². The number of benzene rings is 1. The first-order chi connectivity index (χ1) is 10.6. The number of thioether (sulfide) groups is 2. The van der Waals surface area contributed by atoms with Crippen molar-refractivity contribution in [1.29, 1.82) is 0 Å². The van der Waals surface area contributed by atoms with E-state index in [0.717, 1.165) is 11.8 Å². The second-order valence-electron chi connectivity index (χ2n) is 4.13. The molecule has 0 spiro atoms. The van der Waals surface area contributed by atoms with Gasteiger partial charge < -0.3 is 9.47 Å². The van der Waals surface area contributed by atoms with Gasteiger partial charge in [-0.2, -0.15) is 0 Å². The fourth-order valence-electron chi connectivity index (χ4n) is 1.79. The molecule has 0 saturated carbocycles. The normalized spacial score (nSPS) is 15.9. The first-order valence-corrected chi connectivity index (χ1v) is 8.44. The molecule has 4 nitrogen and oxygen atoms in total. The lowest BCUT2D eigenvalue weighted by atomic mass is 10.1. The molecule has 2 rings (SSSR count). The summed E-state index contributed by atoms with van der Waals surface area (Å²) in [5, 5.41) is 0.389. The Bertz CT molecular complexity index is 671. The zero-order valence-electron chi connectivity index (χ0n) is 12.1. The lowest BCUT2D eigenvalue weighted by Gasteiger charge is -2.11. The quantitative estimate of drug-likeness (QED) is 0.583. The summed E-state index contributed by atoms with van der Waals surface area (Å²) < 4.78 is 11.3. The smallest absolute Gasteiger partial charge is 0.244 e. The maximum Gasteiger partial charge on any atom is 0.244 e. The Morgan fingerprint density at radius 1 is 1.41 bits per heavy atom. The van der Waals surface area contributed by atoms with Crippen LogP contribution in [0.4, 0.5) is 0 Å². The van der Waals surface area contributed by atoms with E-state index >= 15 is 0 Å². The number of aliphatic imine (C=N–C) groups is 1. The number of carbonyl (C=O) groups excluding carboxylic acids is 1. The van der Waals surface area contributed by atoms with Crippen LogP contribution >= 0.6 is 35.1 Å². The Kier molecular flexibility index (Phi) is 5.99. The van der Waals surface area contributed by atoms with Crippen LogP contribution in [0.5, 0.6) is 11.5 Å². The monoisotopic (exact) mass is 355 g/mol. The van der Waals surface area contributed by atoms with Crippen molar-refractivity contribution in [2.75, 3.05) is 20.0 Å². The third kappa shape index (κ3) is 3.88. The molecular weight excluding hydrogens is 342 g/mol. The van der Waals surface area contributed by atoms with Gasteiger partial charge in [0, 0.05) is 22.4 Å². The van der Waals surface area contributed by atoms with Crippen LogP contribution in [0.15, 0.2) is 35.5 Å².